The van der Waals surface area contributed by atoms with Crippen molar-refractivity contribution in [1.82, 2.24) is 10.2 Å². The number of nitrogens with one attached hydrogen (secondary N) is 2. The zero-order chi connectivity index (χ0) is 14.1. The van der Waals surface area contributed by atoms with E-state index in [2.05, 4.69) is 15.5 Å². The van der Waals surface area contributed by atoms with Crippen molar-refractivity contribution in [2.45, 2.75) is 24.5 Å². The van der Waals surface area contributed by atoms with Crippen molar-refractivity contribution < 1.29 is 13.6 Å². The van der Waals surface area contributed by atoms with Gasteiger partial charge in [0.25, 0.3) is 5.91 Å². The van der Waals surface area contributed by atoms with E-state index in [-0.39, 0.29) is 11.7 Å². The third-order valence-corrected chi connectivity index (χ3v) is 4.82. The standard InChI is InChI=1S/C12H13N3O3S2/c16-12(10-4-3-8(19-10)6-20(17)18)13-11-5-9(14-15-11)7-1-2-7/h3-5,7H,1-2,6H2,(H,17,18)(H2,13,14,15,16)/p-1. The van der Waals surface area contributed by atoms with E-state index in [1.807, 2.05) is 6.07 Å². The lowest BCUT2D eigenvalue weighted by molar-refractivity contribution is 0.103. The molecule has 8 heteroatoms. The number of anilines is 1. The van der Waals surface area contributed by atoms with Crippen LogP contribution in [-0.2, 0) is 16.8 Å². The Hall–Kier alpha value is -1.51. The number of hydrogen-bond donors (Lipinski definition) is 2. The van der Waals surface area contributed by atoms with Crippen molar-refractivity contribution in [3.8, 4) is 0 Å². The monoisotopic (exact) mass is 310 g/mol. The third-order valence-electron chi connectivity index (χ3n) is 3.00. The number of carbonyl (C=O) groups is 1. The molecular formula is C12H12N3O3S2-. The van der Waals surface area contributed by atoms with Crippen LogP contribution in [0, 0.1) is 0 Å². The van der Waals surface area contributed by atoms with Crippen LogP contribution in [0.15, 0.2) is 18.2 Å². The van der Waals surface area contributed by atoms with Gasteiger partial charge in [-0.15, -0.1) is 11.3 Å². The molecule has 1 saturated carbocycles. The summed E-state index contributed by atoms with van der Waals surface area (Å²) in [5, 5.41) is 9.66. The first-order valence-electron chi connectivity index (χ1n) is 6.13. The van der Waals surface area contributed by atoms with Gasteiger partial charge in [-0.1, -0.05) is 0 Å². The highest BCUT2D eigenvalue weighted by Crippen LogP contribution is 2.39. The van der Waals surface area contributed by atoms with E-state index < -0.39 is 11.1 Å². The van der Waals surface area contributed by atoms with Gasteiger partial charge >= 0.3 is 0 Å². The molecule has 2 aromatic rings. The highest BCUT2D eigenvalue weighted by Gasteiger charge is 2.25. The van der Waals surface area contributed by atoms with E-state index in [1.165, 1.54) is 11.3 Å². The summed E-state index contributed by atoms with van der Waals surface area (Å²) in [4.78, 5) is 13.1. The third kappa shape index (κ3) is 3.14. The zero-order valence-electron chi connectivity index (χ0n) is 10.4. The lowest BCUT2D eigenvalue weighted by Crippen LogP contribution is -2.10. The van der Waals surface area contributed by atoms with Gasteiger partial charge in [0.05, 0.1) is 4.88 Å². The Bertz CT molecular complexity index is 660. The molecule has 20 heavy (non-hydrogen) atoms. The highest BCUT2D eigenvalue weighted by atomic mass is 32.2. The minimum absolute atomic E-state index is 0.0633. The highest BCUT2D eigenvalue weighted by molar-refractivity contribution is 7.78. The van der Waals surface area contributed by atoms with Gasteiger partial charge in [0.15, 0.2) is 5.82 Å². The molecule has 0 bridgehead atoms. The number of rotatable bonds is 5. The summed E-state index contributed by atoms with van der Waals surface area (Å²) in [7, 11) is 0. The molecule has 0 spiro atoms. The molecule has 1 atom stereocenters. The summed E-state index contributed by atoms with van der Waals surface area (Å²) in [6.45, 7) is 0. The van der Waals surface area contributed by atoms with Crippen LogP contribution < -0.4 is 5.32 Å². The molecule has 2 heterocycles. The fourth-order valence-electron chi connectivity index (χ4n) is 1.88. The zero-order valence-corrected chi connectivity index (χ0v) is 12.1. The molecule has 0 aromatic carbocycles. The van der Waals surface area contributed by atoms with Crippen LogP contribution in [0.5, 0.6) is 0 Å². The maximum atomic E-state index is 12.0. The second-order valence-electron chi connectivity index (χ2n) is 4.65. The van der Waals surface area contributed by atoms with Crippen molar-refractivity contribution in [2.75, 3.05) is 5.32 Å². The smallest absolute Gasteiger partial charge is 0.266 e. The number of amides is 1. The van der Waals surface area contributed by atoms with Gasteiger partial charge in [-0.25, -0.2) is 0 Å². The molecule has 1 aliphatic carbocycles. The van der Waals surface area contributed by atoms with Crippen molar-refractivity contribution in [3.05, 3.63) is 33.6 Å². The molecule has 3 rings (SSSR count). The lowest BCUT2D eigenvalue weighted by Gasteiger charge is -2.01. The molecule has 6 nitrogen and oxygen atoms in total. The molecule has 0 radical (unpaired) electrons. The summed E-state index contributed by atoms with van der Waals surface area (Å²) in [5.74, 6) is 0.714. The van der Waals surface area contributed by atoms with Crippen molar-refractivity contribution in [1.29, 1.82) is 0 Å². The van der Waals surface area contributed by atoms with Crippen LogP contribution in [0.2, 0.25) is 0 Å². The number of H-pyrrole nitrogens is 1. The Morgan fingerprint density at radius 3 is 3.05 bits per heavy atom. The van der Waals surface area contributed by atoms with Crippen LogP contribution >= 0.6 is 11.3 Å². The molecular weight excluding hydrogens is 298 g/mol. The maximum Gasteiger partial charge on any atom is 0.266 e. The average Bonchev–Trinajstić information content (AvgIpc) is 2.96. The topological polar surface area (TPSA) is 97.9 Å². The van der Waals surface area contributed by atoms with E-state index in [0.717, 1.165) is 18.5 Å². The second-order valence-corrected chi connectivity index (χ2v) is 6.72. The summed E-state index contributed by atoms with van der Waals surface area (Å²) in [6.07, 6.45) is 2.33. The van der Waals surface area contributed by atoms with Crippen LogP contribution in [0.1, 0.15) is 39.0 Å². The molecule has 1 aliphatic rings. The van der Waals surface area contributed by atoms with Crippen LogP contribution in [0.3, 0.4) is 0 Å². The Balaban J connectivity index is 1.65. The summed E-state index contributed by atoms with van der Waals surface area (Å²) < 4.78 is 21.2. The lowest BCUT2D eigenvalue weighted by atomic mass is 10.3. The number of hydrogen-bond acceptors (Lipinski definition) is 5. The maximum absolute atomic E-state index is 12.0. The van der Waals surface area contributed by atoms with E-state index in [1.54, 1.807) is 12.1 Å². The van der Waals surface area contributed by atoms with Gasteiger partial charge in [-0.2, -0.15) is 5.10 Å². The van der Waals surface area contributed by atoms with Gasteiger partial charge in [0.1, 0.15) is 0 Å². The first kappa shape index (κ1) is 13.5. The molecule has 0 aliphatic heterocycles. The van der Waals surface area contributed by atoms with Crippen LogP contribution in [-0.4, -0.2) is 24.9 Å². The minimum atomic E-state index is -2.14. The summed E-state index contributed by atoms with van der Waals surface area (Å²) in [6, 6.07) is 5.11. The number of aromatic amines is 1. The van der Waals surface area contributed by atoms with E-state index in [9.17, 15) is 13.6 Å². The average molecular weight is 310 g/mol. The first-order chi connectivity index (χ1) is 9.61. The normalized spacial score (nSPS) is 16.1. The number of aromatic nitrogens is 2. The molecule has 1 unspecified atom stereocenters. The predicted molar refractivity (Wildman–Crippen MR) is 75.5 cm³/mol. The van der Waals surface area contributed by atoms with Crippen molar-refractivity contribution in [3.63, 3.8) is 0 Å². The van der Waals surface area contributed by atoms with E-state index in [4.69, 9.17) is 0 Å². The summed E-state index contributed by atoms with van der Waals surface area (Å²) >= 11 is -0.967. The fraction of sp³-hybridized carbons (Fsp3) is 0.333. The van der Waals surface area contributed by atoms with E-state index in [0.29, 0.717) is 21.5 Å². The SMILES string of the molecule is O=C(Nc1cc(C2CC2)[nH]n1)c1ccc(CS(=O)[O-])s1. The molecule has 0 saturated heterocycles. The van der Waals surface area contributed by atoms with Gasteiger partial charge in [0.2, 0.25) is 0 Å². The second kappa shape index (κ2) is 5.47. The molecule has 2 aromatic heterocycles. The van der Waals surface area contributed by atoms with Crippen molar-refractivity contribution >= 4 is 34.1 Å². The Labute approximate surface area is 121 Å². The van der Waals surface area contributed by atoms with E-state index >= 15 is 0 Å². The molecule has 1 fully saturated rings. The Kier molecular flexibility index (Phi) is 3.68. The number of thiophene rings is 1. The predicted octanol–water partition coefficient (Wildman–Crippen LogP) is 1.98. The summed E-state index contributed by atoms with van der Waals surface area (Å²) in [5.41, 5.74) is 1.05. The molecule has 1 amide bonds. The number of carbonyl (C=O) groups excluding carboxylic acids is 1. The first-order valence-corrected chi connectivity index (χ1v) is 8.19. The Morgan fingerprint density at radius 2 is 2.35 bits per heavy atom. The van der Waals surface area contributed by atoms with Gasteiger partial charge in [0, 0.05) is 28.3 Å². The van der Waals surface area contributed by atoms with Gasteiger partial charge in [-0.05, 0) is 36.1 Å². The van der Waals surface area contributed by atoms with Crippen molar-refractivity contribution in [2.24, 2.45) is 0 Å². The quantitative estimate of drug-likeness (QED) is 0.825. The Morgan fingerprint density at radius 1 is 1.55 bits per heavy atom. The van der Waals surface area contributed by atoms with Crippen LogP contribution in [0.4, 0.5) is 5.82 Å². The van der Waals surface area contributed by atoms with Crippen LogP contribution in [0.25, 0.3) is 0 Å². The minimum Gasteiger partial charge on any atom is -0.772 e. The largest absolute Gasteiger partial charge is 0.772 e. The number of nitrogens with zero attached hydrogens (tertiary/aromatic N) is 1. The van der Waals surface area contributed by atoms with Gasteiger partial charge < -0.3 is 9.87 Å². The van der Waals surface area contributed by atoms with Gasteiger partial charge in [-0.3, -0.25) is 14.1 Å². The fourth-order valence-corrected chi connectivity index (χ4v) is 3.43. The molecule has 106 valence electrons. The molecule has 2 N–H and O–H groups in total.